The molecule has 4 heteroatoms. The summed E-state index contributed by atoms with van der Waals surface area (Å²) in [6, 6.07) is 4.20. The summed E-state index contributed by atoms with van der Waals surface area (Å²) in [5, 5.41) is 3.04. The van der Waals surface area contributed by atoms with Crippen LogP contribution in [0, 0.1) is 20.8 Å². The smallest absolute Gasteiger partial charge is 0.279 e. The molecule has 1 radical (unpaired) electrons. The van der Waals surface area contributed by atoms with E-state index < -0.39 is 0 Å². The van der Waals surface area contributed by atoms with Gasteiger partial charge in [0.1, 0.15) is 0 Å². The van der Waals surface area contributed by atoms with Crippen LogP contribution >= 0.6 is 0 Å². The number of hydrogen-bond acceptors (Lipinski definition) is 1. The Morgan fingerprint density at radius 2 is 1.63 bits per heavy atom. The fourth-order valence-corrected chi connectivity index (χ4v) is 2.06. The van der Waals surface area contributed by atoms with E-state index in [0.29, 0.717) is 11.0 Å². The van der Waals surface area contributed by atoms with E-state index in [-0.39, 0.29) is 38.6 Å². The minimum Gasteiger partial charge on any atom is -0.321 e. The molecule has 0 aromatic heterocycles. The van der Waals surface area contributed by atoms with Crippen LogP contribution in [-0.4, -0.2) is 37.6 Å². The third-order valence-electron chi connectivity index (χ3n) is 3.37. The van der Waals surface area contributed by atoms with Crippen LogP contribution in [0.5, 0.6) is 0 Å². The van der Waals surface area contributed by atoms with Gasteiger partial charge in [-0.1, -0.05) is 17.7 Å². The van der Waals surface area contributed by atoms with E-state index in [1.54, 1.807) is 0 Å². The Morgan fingerprint density at radius 3 is 2.05 bits per heavy atom. The van der Waals surface area contributed by atoms with Crippen molar-refractivity contribution in [1.29, 1.82) is 0 Å². The van der Waals surface area contributed by atoms with E-state index in [1.165, 1.54) is 5.56 Å². The predicted molar refractivity (Wildman–Crippen MR) is 76.8 cm³/mol. The third kappa shape index (κ3) is 5.72. The summed E-state index contributed by atoms with van der Waals surface area (Å²) in [5.41, 5.74) is 4.44. The monoisotopic (exact) mass is 338 g/mol. The first kappa shape index (κ1) is 18.8. The van der Waals surface area contributed by atoms with Crippen molar-refractivity contribution in [3.8, 4) is 0 Å². The quantitative estimate of drug-likeness (QED) is 0.841. The van der Waals surface area contributed by atoms with Crippen molar-refractivity contribution >= 4 is 11.6 Å². The van der Waals surface area contributed by atoms with Gasteiger partial charge < -0.3 is 9.80 Å². The van der Waals surface area contributed by atoms with Gasteiger partial charge in [-0.2, -0.15) is 0 Å². The Bertz CT molecular complexity index is 432. The largest absolute Gasteiger partial charge is 0.321 e. The summed E-state index contributed by atoms with van der Waals surface area (Å²) in [6.45, 7) is 9.69. The van der Waals surface area contributed by atoms with Gasteiger partial charge in [-0.05, 0) is 38.8 Å². The fourth-order valence-electron chi connectivity index (χ4n) is 2.06. The molecule has 0 atom stereocenters. The second kappa shape index (κ2) is 7.51. The molecule has 1 aromatic rings. The number of hydrogen-bond donors (Lipinski definition) is 1. The molecule has 0 saturated carbocycles. The fraction of sp³-hybridized carbons (Fsp3) is 0.533. The van der Waals surface area contributed by atoms with Gasteiger partial charge in [-0.3, -0.25) is 4.79 Å². The maximum absolute atomic E-state index is 12.0. The SMILES string of the molecule is CC[N+](C)(C)CC(=O)Nc1c(C)cc(C)cc1C.[Y]. The van der Waals surface area contributed by atoms with Gasteiger partial charge in [0, 0.05) is 38.4 Å². The topological polar surface area (TPSA) is 29.1 Å². The Balaban J connectivity index is 0.00000324. The van der Waals surface area contributed by atoms with Gasteiger partial charge >= 0.3 is 0 Å². The minimum atomic E-state index is 0. The van der Waals surface area contributed by atoms with E-state index in [0.717, 1.165) is 23.4 Å². The summed E-state index contributed by atoms with van der Waals surface area (Å²) in [4.78, 5) is 12.0. The average Bonchev–Trinajstić information content (AvgIpc) is 2.22. The number of anilines is 1. The van der Waals surface area contributed by atoms with Crippen LogP contribution in [0.4, 0.5) is 5.69 Å². The Labute approximate surface area is 142 Å². The van der Waals surface area contributed by atoms with Gasteiger partial charge in [0.15, 0.2) is 6.54 Å². The number of rotatable bonds is 4. The molecule has 1 rings (SSSR count). The molecule has 1 aromatic carbocycles. The molecule has 0 heterocycles. The third-order valence-corrected chi connectivity index (χ3v) is 3.37. The molecule has 1 amide bonds. The maximum atomic E-state index is 12.0. The van der Waals surface area contributed by atoms with Crippen molar-refractivity contribution in [2.45, 2.75) is 27.7 Å². The van der Waals surface area contributed by atoms with Gasteiger partial charge in [0.05, 0.1) is 20.6 Å². The first-order valence-electron chi connectivity index (χ1n) is 6.45. The number of carbonyl (C=O) groups is 1. The first-order valence-corrected chi connectivity index (χ1v) is 6.45. The van der Waals surface area contributed by atoms with Gasteiger partial charge in [-0.25, -0.2) is 0 Å². The zero-order valence-electron chi connectivity index (χ0n) is 13.0. The number of carbonyl (C=O) groups excluding carboxylic acids is 1. The van der Waals surface area contributed by atoms with Gasteiger partial charge in [0.25, 0.3) is 5.91 Å². The molecule has 0 spiro atoms. The molecular formula is C15H25N2OY+. The van der Waals surface area contributed by atoms with E-state index in [1.807, 2.05) is 13.8 Å². The molecule has 0 bridgehead atoms. The average molecular weight is 338 g/mol. The van der Waals surface area contributed by atoms with Crippen LogP contribution in [0.3, 0.4) is 0 Å². The van der Waals surface area contributed by atoms with Crippen molar-refractivity contribution < 1.29 is 42.0 Å². The molecule has 103 valence electrons. The normalized spacial score (nSPS) is 10.8. The number of benzene rings is 1. The standard InChI is InChI=1S/C15H24N2O.Y/c1-7-17(5,6)10-14(18)16-15-12(3)8-11(2)9-13(15)4;/h8-9H,7,10H2,1-6H3;/p+1. The van der Waals surface area contributed by atoms with Crippen LogP contribution in [0.2, 0.25) is 0 Å². The first-order chi connectivity index (χ1) is 8.25. The van der Waals surface area contributed by atoms with Crippen LogP contribution < -0.4 is 5.32 Å². The number of aryl methyl sites for hydroxylation is 3. The molecule has 1 N–H and O–H groups in total. The summed E-state index contributed by atoms with van der Waals surface area (Å²) in [6.07, 6.45) is 0. The van der Waals surface area contributed by atoms with E-state index in [9.17, 15) is 4.79 Å². The molecule has 0 saturated heterocycles. The molecular weight excluding hydrogens is 313 g/mol. The van der Waals surface area contributed by atoms with E-state index in [2.05, 4.69) is 45.4 Å². The molecule has 19 heavy (non-hydrogen) atoms. The molecule has 0 aliphatic rings. The number of likely N-dealkylation sites (N-methyl/N-ethyl adjacent to an activating group) is 1. The Kier molecular flexibility index (Phi) is 7.42. The van der Waals surface area contributed by atoms with Crippen LogP contribution in [-0.2, 0) is 37.5 Å². The second-order valence-electron chi connectivity index (χ2n) is 5.73. The minimum absolute atomic E-state index is 0. The molecule has 3 nitrogen and oxygen atoms in total. The summed E-state index contributed by atoms with van der Waals surface area (Å²) in [7, 11) is 4.13. The number of nitrogens with zero attached hydrogens (tertiary/aromatic N) is 1. The Hall–Kier alpha value is -0.246. The van der Waals surface area contributed by atoms with Crippen molar-refractivity contribution in [2.24, 2.45) is 0 Å². The summed E-state index contributed by atoms with van der Waals surface area (Å²) >= 11 is 0. The predicted octanol–water partition coefficient (Wildman–Crippen LogP) is 2.64. The zero-order chi connectivity index (χ0) is 13.9. The number of amides is 1. The van der Waals surface area contributed by atoms with E-state index >= 15 is 0 Å². The summed E-state index contributed by atoms with van der Waals surface area (Å²) < 4.78 is 0.704. The Morgan fingerprint density at radius 1 is 1.16 bits per heavy atom. The molecule has 0 aliphatic carbocycles. The van der Waals surface area contributed by atoms with Crippen LogP contribution in [0.15, 0.2) is 12.1 Å². The van der Waals surface area contributed by atoms with Crippen LogP contribution in [0.1, 0.15) is 23.6 Å². The van der Waals surface area contributed by atoms with Crippen molar-refractivity contribution in [3.05, 3.63) is 28.8 Å². The molecule has 0 fully saturated rings. The summed E-state index contributed by atoms with van der Waals surface area (Å²) in [5.74, 6) is 0.0805. The molecule has 0 aliphatic heterocycles. The maximum Gasteiger partial charge on any atom is 0.279 e. The van der Waals surface area contributed by atoms with Gasteiger partial charge in [-0.15, -0.1) is 0 Å². The van der Waals surface area contributed by atoms with Crippen LogP contribution in [0.25, 0.3) is 0 Å². The number of quaternary nitrogens is 1. The zero-order valence-corrected chi connectivity index (χ0v) is 15.8. The molecule has 0 unspecified atom stereocenters. The van der Waals surface area contributed by atoms with Gasteiger partial charge in [0.2, 0.25) is 0 Å². The van der Waals surface area contributed by atoms with Crippen molar-refractivity contribution in [1.82, 2.24) is 0 Å². The number of nitrogens with one attached hydrogen (secondary N) is 1. The second-order valence-corrected chi connectivity index (χ2v) is 5.73. The van der Waals surface area contributed by atoms with Crippen molar-refractivity contribution in [3.63, 3.8) is 0 Å². The van der Waals surface area contributed by atoms with E-state index in [4.69, 9.17) is 0 Å². The van der Waals surface area contributed by atoms with Crippen molar-refractivity contribution in [2.75, 3.05) is 32.5 Å².